The van der Waals surface area contributed by atoms with Gasteiger partial charge in [-0.1, -0.05) is 0 Å². The predicted molar refractivity (Wildman–Crippen MR) is 108 cm³/mol. The molecule has 29 heavy (non-hydrogen) atoms. The van der Waals surface area contributed by atoms with Crippen molar-refractivity contribution in [2.75, 3.05) is 32.8 Å². The summed E-state index contributed by atoms with van der Waals surface area (Å²) in [5, 5.41) is 4.34. The highest BCUT2D eigenvalue weighted by Crippen LogP contribution is 2.19. The molecule has 1 aromatic carbocycles. The number of aromatic nitrogens is 2. The van der Waals surface area contributed by atoms with E-state index in [4.69, 9.17) is 4.74 Å². The first-order valence-electron chi connectivity index (χ1n) is 9.39. The van der Waals surface area contributed by atoms with Gasteiger partial charge in [-0.3, -0.25) is 4.68 Å². The molecule has 9 nitrogen and oxygen atoms in total. The van der Waals surface area contributed by atoms with Gasteiger partial charge < -0.3 is 4.74 Å². The van der Waals surface area contributed by atoms with E-state index in [1.165, 1.54) is 28.6 Å². The van der Waals surface area contributed by atoms with Gasteiger partial charge >= 0.3 is 0 Å². The Morgan fingerprint density at radius 1 is 1.03 bits per heavy atom. The van der Waals surface area contributed by atoms with E-state index >= 15 is 0 Å². The van der Waals surface area contributed by atoms with Crippen molar-refractivity contribution in [1.82, 2.24) is 18.8 Å². The second-order valence-corrected chi connectivity index (χ2v) is 10.6. The van der Waals surface area contributed by atoms with E-state index in [-0.39, 0.29) is 16.3 Å². The molecule has 0 amide bonds. The van der Waals surface area contributed by atoms with Crippen LogP contribution < -0.4 is 4.72 Å². The van der Waals surface area contributed by atoms with Gasteiger partial charge in [-0.15, -0.1) is 0 Å². The van der Waals surface area contributed by atoms with Gasteiger partial charge in [0.15, 0.2) is 0 Å². The van der Waals surface area contributed by atoms with Crippen molar-refractivity contribution < 1.29 is 21.6 Å². The van der Waals surface area contributed by atoms with Gasteiger partial charge in [0.25, 0.3) is 0 Å². The quantitative estimate of drug-likeness (QED) is 0.608. The number of ether oxygens (including phenoxy) is 1. The summed E-state index contributed by atoms with van der Waals surface area (Å²) in [6.07, 6.45) is 0.588. The molecule has 0 aliphatic carbocycles. The monoisotopic (exact) mass is 442 g/mol. The summed E-state index contributed by atoms with van der Waals surface area (Å²) in [5.74, 6) is 0. The topological polar surface area (TPSA) is 111 Å². The summed E-state index contributed by atoms with van der Waals surface area (Å²) in [7, 11) is -7.36. The Morgan fingerprint density at radius 3 is 2.24 bits per heavy atom. The van der Waals surface area contributed by atoms with Gasteiger partial charge in [-0.2, -0.15) is 9.40 Å². The van der Waals surface area contributed by atoms with Crippen molar-refractivity contribution in [2.24, 2.45) is 0 Å². The fraction of sp³-hybridized carbons (Fsp3) is 0.500. The molecule has 1 N–H and O–H groups in total. The van der Waals surface area contributed by atoms with Crippen molar-refractivity contribution in [1.29, 1.82) is 0 Å². The molecule has 2 heterocycles. The fourth-order valence-electron chi connectivity index (χ4n) is 3.15. The molecule has 3 rings (SSSR count). The number of aryl methyl sites for hydroxylation is 3. The van der Waals surface area contributed by atoms with Crippen LogP contribution in [0.2, 0.25) is 0 Å². The third kappa shape index (κ3) is 5.23. The minimum Gasteiger partial charge on any atom is -0.379 e. The molecule has 0 bridgehead atoms. The lowest BCUT2D eigenvalue weighted by Crippen LogP contribution is -2.40. The van der Waals surface area contributed by atoms with Crippen LogP contribution in [0.4, 0.5) is 0 Å². The molecule has 0 radical (unpaired) electrons. The van der Waals surface area contributed by atoms with E-state index in [2.05, 4.69) is 9.82 Å². The van der Waals surface area contributed by atoms with Crippen molar-refractivity contribution >= 4 is 20.0 Å². The number of morpholine rings is 1. The van der Waals surface area contributed by atoms with Gasteiger partial charge in [0.05, 0.1) is 28.7 Å². The number of benzene rings is 1. The maximum atomic E-state index is 12.6. The molecule has 0 spiro atoms. The molecule has 1 aliphatic heterocycles. The Morgan fingerprint density at radius 2 is 1.66 bits per heavy atom. The molecule has 0 unspecified atom stereocenters. The summed E-state index contributed by atoms with van der Waals surface area (Å²) in [6, 6.07) is 7.26. The van der Waals surface area contributed by atoms with E-state index < -0.39 is 20.0 Å². The highest BCUT2D eigenvalue weighted by molar-refractivity contribution is 7.89. The first-order chi connectivity index (χ1) is 13.7. The predicted octanol–water partition coefficient (Wildman–Crippen LogP) is 0.889. The number of nitrogens with one attached hydrogen (secondary N) is 1. The van der Waals surface area contributed by atoms with Crippen molar-refractivity contribution in [3.05, 3.63) is 41.7 Å². The van der Waals surface area contributed by atoms with Crippen LogP contribution in [0.15, 0.2) is 40.1 Å². The van der Waals surface area contributed by atoms with Crippen molar-refractivity contribution in [3.63, 3.8) is 0 Å². The van der Waals surface area contributed by atoms with Crippen molar-refractivity contribution in [2.45, 2.75) is 36.6 Å². The number of rotatable bonds is 8. The molecule has 0 atom stereocenters. The molecular weight excluding hydrogens is 416 g/mol. The third-order valence-corrected chi connectivity index (χ3v) is 8.07. The maximum Gasteiger partial charge on any atom is 0.243 e. The molecule has 0 saturated carbocycles. The summed E-state index contributed by atoms with van der Waals surface area (Å²) in [6.45, 7) is 6.03. The molecule has 11 heteroatoms. The summed E-state index contributed by atoms with van der Waals surface area (Å²) in [4.78, 5) is 0.104. The van der Waals surface area contributed by atoms with E-state index in [1.54, 1.807) is 0 Å². The zero-order valence-corrected chi connectivity index (χ0v) is 18.2. The Labute approximate surface area is 171 Å². The third-order valence-electron chi connectivity index (χ3n) is 4.68. The Balaban J connectivity index is 1.60. The summed E-state index contributed by atoms with van der Waals surface area (Å²) >= 11 is 0. The number of nitrogens with zero attached hydrogens (tertiary/aromatic N) is 3. The van der Waals surface area contributed by atoms with E-state index in [9.17, 15) is 16.8 Å². The van der Waals surface area contributed by atoms with Crippen LogP contribution in [0.5, 0.6) is 0 Å². The average molecular weight is 443 g/mol. The second-order valence-electron chi connectivity index (χ2n) is 6.89. The lowest BCUT2D eigenvalue weighted by Gasteiger charge is -2.26. The highest BCUT2D eigenvalue weighted by atomic mass is 32.2. The fourth-order valence-corrected chi connectivity index (χ4v) is 5.63. The van der Waals surface area contributed by atoms with Crippen LogP contribution in [0.1, 0.15) is 17.8 Å². The second kappa shape index (κ2) is 8.92. The van der Waals surface area contributed by atoms with Crippen LogP contribution in [-0.2, 0) is 31.3 Å². The summed E-state index contributed by atoms with van der Waals surface area (Å²) in [5.41, 5.74) is 1.96. The standard InChI is InChI=1S/C18H26N4O5S2/c1-15-14-16(2)22(20-15)9-3-8-19-28(23,24)17-4-6-18(7-5-17)29(25,26)21-10-12-27-13-11-21/h4-7,14,19H,3,8-13H2,1-2H3. The van der Waals surface area contributed by atoms with Gasteiger partial charge in [-0.25, -0.2) is 21.6 Å². The number of hydrogen-bond donors (Lipinski definition) is 1. The molecule has 1 fully saturated rings. The Hall–Kier alpha value is -1.79. The normalized spacial score (nSPS) is 16.2. The minimum atomic E-state index is -3.71. The maximum absolute atomic E-state index is 12.6. The minimum absolute atomic E-state index is 0.0320. The lowest BCUT2D eigenvalue weighted by molar-refractivity contribution is 0.0730. The highest BCUT2D eigenvalue weighted by Gasteiger charge is 2.26. The zero-order chi connectivity index (χ0) is 21.1. The van der Waals surface area contributed by atoms with E-state index in [1.807, 2.05) is 24.6 Å². The van der Waals surface area contributed by atoms with Crippen LogP contribution >= 0.6 is 0 Å². The molecule has 1 aromatic heterocycles. The van der Waals surface area contributed by atoms with Gasteiger partial charge in [0.2, 0.25) is 20.0 Å². The first kappa shape index (κ1) is 21.9. The van der Waals surface area contributed by atoms with Gasteiger partial charge in [-0.05, 0) is 50.6 Å². The molecule has 1 aliphatic rings. The Kier molecular flexibility index (Phi) is 6.74. The van der Waals surface area contributed by atoms with Crippen LogP contribution in [0.3, 0.4) is 0 Å². The molecule has 160 valence electrons. The van der Waals surface area contributed by atoms with Crippen LogP contribution in [0.25, 0.3) is 0 Å². The number of sulfonamides is 2. The van der Waals surface area contributed by atoms with Gasteiger partial charge in [0.1, 0.15) is 0 Å². The number of hydrogen-bond acceptors (Lipinski definition) is 6. The SMILES string of the molecule is Cc1cc(C)n(CCCNS(=O)(=O)c2ccc(S(=O)(=O)N3CCOCC3)cc2)n1. The van der Waals surface area contributed by atoms with Crippen LogP contribution in [-0.4, -0.2) is 63.8 Å². The van der Waals surface area contributed by atoms with E-state index in [0.29, 0.717) is 39.3 Å². The Bertz CT molecular complexity index is 1040. The van der Waals surface area contributed by atoms with E-state index in [0.717, 1.165) is 11.4 Å². The van der Waals surface area contributed by atoms with Gasteiger partial charge in [0, 0.05) is 31.9 Å². The largest absolute Gasteiger partial charge is 0.379 e. The van der Waals surface area contributed by atoms with Crippen LogP contribution in [0, 0.1) is 13.8 Å². The lowest BCUT2D eigenvalue weighted by atomic mass is 10.4. The molecule has 1 saturated heterocycles. The summed E-state index contributed by atoms with van der Waals surface area (Å²) < 4.78 is 61.1. The zero-order valence-electron chi connectivity index (χ0n) is 16.5. The molecular formula is C18H26N4O5S2. The average Bonchev–Trinajstić information content (AvgIpc) is 3.03. The van der Waals surface area contributed by atoms with Crippen molar-refractivity contribution in [3.8, 4) is 0 Å². The molecule has 2 aromatic rings. The smallest absolute Gasteiger partial charge is 0.243 e. The first-order valence-corrected chi connectivity index (χ1v) is 12.3.